The number of rotatable bonds is 7. The van der Waals surface area contributed by atoms with Crippen LogP contribution in [-0.2, 0) is 27.3 Å². The summed E-state index contributed by atoms with van der Waals surface area (Å²) in [7, 11) is 1.38. The molecule has 0 spiro atoms. The van der Waals surface area contributed by atoms with Crippen LogP contribution in [0.3, 0.4) is 0 Å². The lowest BCUT2D eigenvalue weighted by atomic mass is 9.97. The van der Waals surface area contributed by atoms with Crippen molar-refractivity contribution in [3.05, 3.63) is 71.3 Å². The van der Waals surface area contributed by atoms with Gasteiger partial charge in [-0.3, -0.25) is 9.69 Å². The third-order valence-electron chi connectivity index (χ3n) is 5.95. The summed E-state index contributed by atoms with van der Waals surface area (Å²) in [5.74, 6) is 0.191. The number of benzene rings is 2. The average Bonchev–Trinajstić information content (AvgIpc) is 3.51. The van der Waals surface area contributed by atoms with Gasteiger partial charge in [-0.15, -0.1) is 0 Å². The molecule has 1 unspecified atom stereocenters. The molecule has 2 aromatic rings. The normalized spacial score (nSPS) is 21.7. The molecule has 2 aliphatic rings. The van der Waals surface area contributed by atoms with E-state index in [0.29, 0.717) is 18.9 Å². The van der Waals surface area contributed by atoms with E-state index in [4.69, 9.17) is 4.74 Å². The van der Waals surface area contributed by atoms with Crippen LogP contribution in [-0.4, -0.2) is 42.5 Å². The number of methoxy groups -OCH3 is 1. The van der Waals surface area contributed by atoms with Gasteiger partial charge in [-0.05, 0) is 41.9 Å². The first-order valence-electron chi connectivity index (χ1n) is 10.3. The Labute approximate surface area is 172 Å². The van der Waals surface area contributed by atoms with Crippen LogP contribution in [0.25, 0.3) is 0 Å². The van der Waals surface area contributed by atoms with Crippen LogP contribution < -0.4 is 5.32 Å². The quantitative estimate of drug-likeness (QED) is 0.736. The number of carbonyl (C=O) groups excluding carboxylic acids is 2. The number of nitrogens with zero attached hydrogens (tertiary/aromatic N) is 1. The molecule has 152 valence electrons. The highest BCUT2D eigenvalue weighted by Gasteiger charge is 2.46. The maximum Gasteiger partial charge on any atom is 0.332 e. The maximum atomic E-state index is 12.8. The zero-order chi connectivity index (χ0) is 20.3. The Morgan fingerprint density at radius 2 is 1.79 bits per heavy atom. The Morgan fingerprint density at radius 3 is 2.45 bits per heavy atom. The van der Waals surface area contributed by atoms with Crippen molar-refractivity contribution in [1.29, 1.82) is 0 Å². The molecule has 0 radical (unpaired) electrons. The molecule has 1 atom stereocenters. The molecule has 29 heavy (non-hydrogen) atoms. The first kappa shape index (κ1) is 19.6. The number of likely N-dealkylation sites (tertiary alicyclic amines) is 1. The SMILES string of the molecule is COC(=O)C1(NC(=O)Cc2ccc(C3CC3)cc2)CCN(Cc2ccccc2)C1. The van der Waals surface area contributed by atoms with E-state index in [1.54, 1.807) is 0 Å². The molecule has 1 heterocycles. The number of ether oxygens (including phenoxy) is 1. The second kappa shape index (κ2) is 8.37. The van der Waals surface area contributed by atoms with Gasteiger partial charge in [-0.2, -0.15) is 0 Å². The molecule has 0 aromatic heterocycles. The van der Waals surface area contributed by atoms with E-state index in [0.717, 1.165) is 18.7 Å². The van der Waals surface area contributed by atoms with E-state index in [1.807, 2.05) is 30.3 Å². The number of nitrogens with one attached hydrogen (secondary N) is 1. The fourth-order valence-corrected chi connectivity index (χ4v) is 4.20. The van der Waals surface area contributed by atoms with E-state index in [2.05, 4.69) is 34.5 Å². The maximum absolute atomic E-state index is 12.8. The fourth-order valence-electron chi connectivity index (χ4n) is 4.20. The molecular weight excluding hydrogens is 364 g/mol. The van der Waals surface area contributed by atoms with Crippen LogP contribution in [0, 0.1) is 0 Å². The van der Waals surface area contributed by atoms with Gasteiger partial charge in [0.05, 0.1) is 13.5 Å². The molecule has 5 heteroatoms. The molecule has 2 aromatic carbocycles. The lowest BCUT2D eigenvalue weighted by Gasteiger charge is -2.28. The summed E-state index contributed by atoms with van der Waals surface area (Å²) in [6.07, 6.45) is 3.35. The monoisotopic (exact) mass is 392 g/mol. The Balaban J connectivity index is 1.40. The topological polar surface area (TPSA) is 58.6 Å². The first-order chi connectivity index (χ1) is 14.1. The fraction of sp³-hybridized carbons (Fsp3) is 0.417. The second-order valence-electron chi connectivity index (χ2n) is 8.26. The molecule has 1 saturated carbocycles. The lowest BCUT2D eigenvalue weighted by Crippen LogP contribution is -2.57. The summed E-state index contributed by atoms with van der Waals surface area (Å²) in [5.41, 5.74) is 2.53. The molecular formula is C24H28N2O3. The highest BCUT2D eigenvalue weighted by Crippen LogP contribution is 2.39. The predicted octanol–water partition coefficient (Wildman–Crippen LogP) is 3.04. The Kier molecular flexibility index (Phi) is 5.67. The third kappa shape index (κ3) is 4.67. The molecule has 4 rings (SSSR count). The van der Waals surface area contributed by atoms with Gasteiger partial charge in [0.15, 0.2) is 5.54 Å². The number of esters is 1. The van der Waals surface area contributed by atoms with Crippen molar-refractivity contribution < 1.29 is 14.3 Å². The molecule has 2 fully saturated rings. The molecule has 1 amide bonds. The lowest BCUT2D eigenvalue weighted by molar-refractivity contribution is -0.150. The summed E-state index contributed by atoms with van der Waals surface area (Å²) in [6.45, 7) is 1.94. The minimum atomic E-state index is -0.978. The molecule has 1 N–H and O–H groups in total. The smallest absolute Gasteiger partial charge is 0.332 e. The summed E-state index contributed by atoms with van der Waals surface area (Å²) in [4.78, 5) is 27.5. The molecule has 1 saturated heterocycles. The van der Waals surface area contributed by atoms with Gasteiger partial charge in [0, 0.05) is 19.6 Å². The number of hydrogen-bond acceptors (Lipinski definition) is 4. The van der Waals surface area contributed by atoms with Crippen molar-refractivity contribution in [2.75, 3.05) is 20.2 Å². The van der Waals surface area contributed by atoms with Crippen molar-refractivity contribution in [3.8, 4) is 0 Å². The van der Waals surface area contributed by atoms with Crippen molar-refractivity contribution in [2.24, 2.45) is 0 Å². The van der Waals surface area contributed by atoms with E-state index >= 15 is 0 Å². The van der Waals surface area contributed by atoms with Crippen LogP contribution in [0.15, 0.2) is 54.6 Å². The van der Waals surface area contributed by atoms with Crippen molar-refractivity contribution in [1.82, 2.24) is 10.2 Å². The minimum Gasteiger partial charge on any atom is -0.467 e. The van der Waals surface area contributed by atoms with Gasteiger partial charge >= 0.3 is 5.97 Å². The van der Waals surface area contributed by atoms with Gasteiger partial charge in [0.2, 0.25) is 5.91 Å². The third-order valence-corrected chi connectivity index (χ3v) is 5.95. The molecule has 1 aliphatic carbocycles. The van der Waals surface area contributed by atoms with Gasteiger partial charge in [-0.1, -0.05) is 54.6 Å². The van der Waals surface area contributed by atoms with E-state index in [1.165, 1.54) is 31.1 Å². The summed E-state index contributed by atoms with van der Waals surface area (Å²) >= 11 is 0. The van der Waals surface area contributed by atoms with E-state index in [9.17, 15) is 9.59 Å². The largest absolute Gasteiger partial charge is 0.467 e. The molecule has 5 nitrogen and oxygen atoms in total. The zero-order valence-corrected chi connectivity index (χ0v) is 16.9. The summed E-state index contributed by atoms with van der Waals surface area (Å²) in [6, 6.07) is 18.4. The van der Waals surface area contributed by atoms with Crippen molar-refractivity contribution in [3.63, 3.8) is 0 Å². The second-order valence-corrected chi connectivity index (χ2v) is 8.26. The Morgan fingerprint density at radius 1 is 1.07 bits per heavy atom. The van der Waals surface area contributed by atoms with Gasteiger partial charge in [0.25, 0.3) is 0 Å². The molecule has 0 bridgehead atoms. The van der Waals surface area contributed by atoms with Gasteiger partial charge in [0.1, 0.15) is 0 Å². The molecule has 1 aliphatic heterocycles. The average molecular weight is 392 g/mol. The number of carbonyl (C=O) groups is 2. The van der Waals surface area contributed by atoms with Crippen LogP contribution in [0.5, 0.6) is 0 Å². The summed E-state index contributed by atoms with van der Waals surface area (Å²) in [5, 5.41) is 3.00. The minimum absolute atomic E-state index is 0.142. The van der Waals surface area contributed by atoms with Gasteiger partial charge < -0.3 is 10.1 Å². The van der Waals surface area contributed by atoms with Crippen molar-refractivity contribution in [2.45, 2.75) is 43.7 Å². The predicted molar refractivity (Wildman–Crippen MR) is 111 cm³/mol. The Bertz CT molecular complexity index is 861. The van der Waals surface area contributed by atoms with Gasteiger partial charge in [-0.25, -0.2) is 4.79 Å². The first-order valence-corrected chi connectivity index (χ1v) is 10.3. The highest BCUT2D eigenvalue weighted by atomic mass is 16.5. The number of amides is 1. The van der Waals surface area contributed by atoms with E-state index < -0.39 is 5.54 Å². The zero-order valence-electron chi connectivity index (χ0n) is 16.9. The van der Waals surface area contributed by atoms with Crippen LogP contribution in [0.2, 0.25) is 0 Å². The number of hydrogen-bond donors (Lipinski definition) is 1. The van der Waals surface area contributed by atoms with E-state index in [-0.39, 0.29) is 18.3 Å². The highest BCUT2D eigenvalue weighted by molar-refractivity contribution is 5.89. The standard InChI is InChI=1S/C24H28N2O3/c1-29-23(28)24(13-14-26(17-24)16-19-5-3-2-4-6-19)25-22(27)15-18-7-9-20(10-8-18)21-11-12-21/h2-10,21H,11-17H2,1H3,(H,25,27). The van der Waals surface area contributed by atoms with Crippen molar-refractivity contribution >= 4 is 11.9 Å². The van der Waals surface area contributed by atoms with Crippen LogP contribution in [0.1, 0.15) is 41.9 Å². The van der Waals surface area contributed by atoms with Crippen LogP contribution >= 0.6 is 0 Å². The Hall–Kier alpha value is -2.66. The summed E-state index contributed by atoms with van der Waals surface area (Å²) < 4.78 is 5.06. The van der Waals surface area contributed by atoms with Crippen LogP contribution in [0.4, 0.5) is 0 Å².